The van der Waals surface area contributed by atoms with E-state index in [1.165, 1.54) is 12.1 Å². The normalized spacial score (nSPS) is 16.2. The molecule has 2 heterocycles. The molecule has 1 saturated carbocycles. The largest absolute Gasteiger partial charge is 0.347 e. The third kappa shape index (κ3) is 3.14. The lowest BCUT2D eigenvalue weighted by molar-refractivity contribution is 0.0935. The Kier molecular flexibility index (Phi) is 3.99. The van der Waals surface area contributed by atoms with Crippen molar-refractivity contribution in [2.24, 2.45) is 0 Å². The zero-order valence-electron chi connectivity index (χ0n) is 13.7. The maximum absolute atomic E-state index is 13.8. The molecule has 0 saturated heterocycles. The number of anilines is 1. The second-order valence-electron chi connectivity index (χ2n) is 6.52. The van der Waals surface area contributed by atoms with Crippen molar-refractivity contribution < 1.29 is 14.0 Å². The van der Waals surface area contributed by atoms with Crippen LogP contribution in [-0.4, -0.2) is 27.4 Å². The number of fused-ring (bicyclic) bond motifs is 1. The minimum Gasteiger partial charge on any atom is -0.347 e. The molecule has 0 unspecified atom stereocenters. The first kappa shape index (κ1) is 15.8. The van der Waals surface area contributed by atoms with E-state index in [1.807, 2.05) is 4.57 Å². The lowest BCUT2D eigenvalue weighted by Crippen LogP contribution is -2.29. The van der Waals surface area contributed by atoms with Gasteiger partial charge in [0.05, 0.1) is 11.4 Å². The third-order valence-electron chi connectivity index (χ3n) is 4.57. The van der Waals surface area contributed by atoms with Gasteiger partial charge in [0, 0.05) is 12.6 Å². The summed E-state index contributed by atoms with van der Waals surface area (Å²) in [5.74, 6) is -0.951. The molecule has 0 radical (unpaired) electrons. The molecule has 1 aromatic heterocycles. The third-order valence-corrected chi connectivity index (χ3v) is 4.57. The van der Waals surface area contributed by atoms with Crippen molar-refractivity contribution in [1.29, 1.82) is 0 Å². The van der Waals surface area contributed by atoms with E-state index in [-0.39, 0.29) is 29.2 Å². The smallest absolute Gasteiger partial charge is 0.287 e. The van der Waals surface area contributed by atoms with Gasteiger partial charge in [-0.25, -0.2) is 9.37 Å². The first-order valence-electron chi connectivity index (χ1n) is 8.59. The zero-order chi connectivity index (χ0) is 17.4. The second-order valence-corrected chi connectivity index (χ2v) is 6.52. The number of carbonyl (C=O) groups is 2. The van der Waals surface area contributed by atoms with Crippen LogP contribution in [0.4, 0.5) is 10.1 Å². The molecule has 2 amide bonds. The van der Waals surface area contributed by atoms with Gasteiger partial charge in [-0.2, -0.15) is 0 Å². The van der Waals surface area contributed by atoms with Crippen LogP contribution in [0.2, 0.25) is 0 Å². The van der Waals surface area contributed by atoms with Crippen LogP contribution in [0.1, 0.15) is 52.5 Å². The molecule has 6 nitrogen and oxygen atoms in total. The number of benzene rings is 1. The van der Waals surface area contributed by atoms with E-state index < -0.39 is 11.7 Å². The summed E-state index contributed by atoms with van der Waals surface area (Å²) in [5, 5.41) is 5.48. The van der Waals surface area contributed by atoms with Crippen molar-refractivity contribution >= 4 is 17.5 Å². The fourth-order valence-corrected chi connectivity index (χ4v) is 3.12. The van der Waals surface area contributed by atoms with Gasteiger partial charge in [0.15, 0.2) is 11.5 Å². The molecule has 1 aliphatic heterocycles. The molecule has 1 aromatic carbocycles. The van der Waals surface area contributed by atoms with Crippen LogP contribution in [0.5, 0.6) is 0 Å². The highest BCUT2D eigenvalue weighted by atomic mass is 19.1. The standard InChI is InChI=1S/C18H19FN4O2/c19-12-5-1-2-6-13(12)21-17(24)15-14-7-3-4-10-23(14)16(22-15)18(25)20-11-8-9-11/h1-2,5-6,11H,3-4,7-10H2,(H,20,25)(H,21,24). The molecular formula is C18H19FN4O2. The molecule has 0 spiro atoms. The van der Waals surface area contributed by atoms with Gasteiger partial charge in [-0.15, -0.1) is 0 Å². The van der Waals surface area contributed by atoms with E-state index in [0.29, 0.717) is 13.0 Å². The first-order valence-corrected chi connectivity index (χ1v) is 8.59. The van der Waals surface area contributed by atoms with Crippen LogP contribution in [0.25, 0.3) is 0 Å². The maximum atomic E-state index is 13.8. The van der Waals surface area contributed by atoms with E-state index >= 15 is 0 Å². The van der Waals surface area contributed by atoms with Crippen LogP contribution in [0.3, 0.4) is 0 Å². The highest BCUT2D eigenvalue weighted by Gasteiger charge is 2.30. The molecule has 1 aliphatic carbocycles. The lowest BCUT2D eigenvalue weighted by Gasteiger charge is -2.17. The number of carbonyl (C=O) groups excluding carboxylic acids is 2. The van der Waals surface area contributed by atoms with Gasteiger partial charge >= 0.3 is 0 Å². The Hall–Kier alpha value is -2.70. The summed E-state index contributed by atoms with van der Waals surface area (Å²) in [6.45, 7) is 0.669. The van der Waals surface area contributed by atoms with Crippen molar-refractivity contribution in [3.8, 4) is 0 Å². The molecule has 7 heteroatoms. The Morgan fingerprint density at radius 2 is 1.96 bits per heavy atom. The summed E-state index contributed by atoms with van der Waals surface area (Å²) in [6, 6.07) is 6.21. The Labute approximate surface area is 144 Å². The number of hydrogen-bond donors (Lipinski definition) is 2. The van der Waals surface area contributed by atoms with E-state index in [0.717, 1.165) is 31.4 Å². The van der Waals surface area contributed by atoms with Gasteiger partial charge in [-0.05, 0) is 44.2 Å². The molecule has 1 fully saturated rings. The summed E-state index contributed by atoms with van der Waals surface area (Å²) < 4.78 is 15.6. The quantitative estimate of drug-likeness (QED) is 0.896. The minimum atomic E-state index is -0.504. The van der Waals surface area contributed by atoms with Crippen molar-refractivity contribution in [1.82, 2.24) is 14.9 Å². The fraction of sp³-hybridized carbons (Fsp3) is 0.389. The number of nitrogens with zero attached hydrogens (tertiary/aromatic N) is 2. The highest BCUT2D eigenvalue weighted by Crippen LogP contribution is 2.24. The lowest BCUT2D eigenvalue weighted by atomic mass is 10.1. The average Bonchev–Trinajstić information content (AvgIpc) is 3.33. The summed E-state index contributed by atoms with van der Waals surface area (Å²) in [6.07, 6.45) is 4.54. The molecule has 4 rings (SSSR count). The van der Waals surface area contributed by atoms with Gasteiger partial charge in [0.1, 0.15) is 5.82 Å². The second kappa shape index (κ2) is 6.31. The highest BCUT2D eigenvalue weighted by molar-refractivity contribution is 6.05. The molecular weight excluding hydrogens is 323 g/mol. The molecule has 2 aliphatic rings. The van der Waals surface area contributed by atoms with E-state index in [2.05, 4.69) is 15.6 Å². The maximum Gasteiger partial charge on any atom is 0.287 e. The molecule has 0 bridgehead atoms. The van der Waals surface area contributed by atoms with Crippen molar-refractivity contribution in [3.05, 3.63) is 47.3 Å². The number of hydrogen-bond acceptors (Lipinski definition) is 3. The van der Waals surface area contributed by atoms with Crippen molar-refractivity contribution in [2.75, 3.05) is 5.32 Å². The van der Waals surface area contributed by atoms with Crippen LogP contribution >= 0.6 is 0 Å². The molecule has 0 atom stereocenters. The number of imidazole rings is 1. The van der Waals surface area contributed by atoms with Gasteiger partial charge in [0.2, 0.25) is 0 Å². The number of nitrogens with one attached hydrogen (secondary N) is 2. The van der Waals surface area contributed by atoms with Gasteiger partial charge in [-0.1, -0.05) is 12.1 Å². The Balaban J connectivity index is 1.64. The van der Waals surface area contributed by atoms with E-state index in [4.69, 9.17) is 0 Å². The monoisotopic (exact) mass is 342 g/mol. The summed E-state index contributed by atoms with van der Waals surface area (Å²) in [5.41, 5.74) is 1.07. The molecule has 130 valence electrons. The Bertz CT molecular complexity index is 842. The summed E-state index contributed by atoms with van der Waals surface area (Å²) in [7, 11) is 0. The van der Waals surface area contributed by atoms with E-state index in [1.54, 1.807) is 12.1 Å². The summed E-state index contributed by atoms with van der Waals surface area (Å²) in [4.78, 5) is 29.4. The number of para-hydroxylation sites is 1. The number of rotatable bonds is 4. The van der Waals surface area contributed by atoms with Gasteiger partial charge < -0.3 is 15.2 Å². The molecule has 25 heavy (non-hydrogen) atoms. The van der Waals surface area contributed by atoms with Crippen molar-refractivity contribution in [3.63, 3.8) is 0 Å². The van der Waals surface area contributed by atoms with Crippen LogP contribution in [0.15, 0.2) is 24.3 Å². The Morgan fingerprint density at radius 3 is 2.72 bits per heavy atom. The number of aromatic nitrogens is 2. The van der Waals surface area contributed by atoms with Crippen molar-refractivity contribution in [2.45, 2.75) is 44.7 Å². The SMILES string of the molecule is O=C(Nc1ccccc1F)c1nc(C(=O)NC2CC2)n2c1CCCC2. The van der Waals surface area contributed by atoms with Crippen LogP contribution in [0, 0.1) is 5.82 Å². The average molecular weight is 342 g/mol. The number of halogens is 1. The molecule has 2 aromatic rings. The van der Waals surface area contributed by atoms with Gasteiger partial charge in [0.25, 0.3) is 11.8 Å². The fourth-order valence-electron chi connectivity index (χ4n) is 3.12. The minimum absolute atomic E-state index is 0.106. The first-order chi connectivity index (χ1) is 12.1. The molecule has 2 N–H and O–H groups in total. The Morgan fingerprint density at radius 1 is 1.16 bits per heavy atom. The van der Waals surface area contributed by atoms with Crippen LogP contribution < -0.4 is 10.6 Å². The van der Waals surface area contributed by atoms with E-state index in [9.17, 15) is 14.0 Å². The predicted molar refractivity (Wildman–Crippen MR) is 90.0 cm³/mol. The zero-order valence-corrected chi connectivity index (χ0v) is 13.7. The summed E-state index contributed by atoms with van der Waals surface area (Å²) >= 11 is 0. The predicted octanol–water partition coefficient (Wildman–Crippen LogP) is 2.50. The number of amides is 2. The van der Waals surface area contributed by atoms with Gasteiger partial charge in [-0.3, -0.25) is 9.59 Å². The van der Waals surface area contributed by atoms with Crippen LogP contribution in [-0.2, 0) is 13.0 Å². The topological polar surface area (TPSA) is 76.0 Å².